The summed E-state index contributed by atoms with van der Waals surface area (Å²) in [6.07, 6.45) is 2.47. The minimum absolute atomic E-state index is 0.136. The van der Waals surface area contributed by atoms with Crippen molar-refractivity contribution in [2.75, 3.05) is 0 Å². The summed E-state index contributed by atoms with van der Waals surface area (Å²) in [5.74, 6) is -1.73. The molecule has 0 spiro atoms. The van der Waals surface area contributed by atoms with Gasteiger partial charge in [-0.15, -0.1) is 0 Å². The zero-order valence-electron chi connectivity index (χ0n) is 9.73. The Morgan fingerprint density at radius 3 is 2.72 bits per heavy atom. The second-order valence-electron chi connectivity index (χ2n) is 4.55. The van der Waals surface area contributed by atoms with Gasteiger partial charge in [-0.1, -0.05) is 18.9 Å². The molecule has 1 aromatic rings. The van der Waals surface area contributed by atoms with Gasteiger partial charge in [0.05, 0.1) is 0 Å². The van der Waals surface area contributed by atoms with Crippen LogP contribution >= 0.6 is 0 Å². The Balaban J connectivity index is 2.01. The van der Waals surface area contributed by atoms with Crippen molar-refractivity contribution < 1.29 is 19.1 Å². The van der Waals surface area contributed by atoms with E-state index < -0.39 is 23.7 Å². The van der Waals surface area contributed by atoms with E-state index in [0.29, 0.717) is 12.3 Å². The lowest BCUT2D eigenvalue weighted by Crippen LogP contribution is -2.41. The number of carbonyl (C=O) groups is 2. The number of carboxylic acids is 1. The van der Waals surface area contributed by atoms with Crippen LogP contribution in [0.4, 0.5) is 4.39 Å². The third-order valence-corrected chi connectivity index (χ3v) is 2.96. The van der Waals surface area contributed by atoms with Crippen LogP contribution < -0.4 is 5.32 Å². The van der Waals surface area contributed by atoms with Crippen LogP contribution in [0, 0.1) is 11.7 Å². The first-order valence-electron chi connectivity index (χ1n) is 5.85. The van der Waals surface area contributed by atoms with E-state index >= 15 is 0 Å². The molecule has 0 bridgehead atoms. The predicted octanol–water partition coefficient (Wildman–Crippen LogP) is 1.81. The van der Waals surface area contributed by atoms with E-state index in [9.17, 15) is 14.0 Å². The van der Waals surface area contributed by atoms with Crippen LogP contribution in [0.25, 0.3) is 0 Å². The van der Waals surface area contributed by atoms with Gasteiger partial charge in [-0.25, -0.2) is 9.18 Å². The first kappa shape index (κ1) is 12.5. The Labute approximate surface area is 104 Å². The maximum atomic E-state index is 12.9. The maximum absolute atomic E-state index is 12.9. The van der Waals surface area contributed by atoms with Crippen LogP contribution in [0.5, 0.6) is 0 Å². The lowest BCUT2D eigenvalue weighted by molar-refractivity contribution is -0.139. The summed E-state index contributed by atoms with van der Waals surface area (Å²) in [6, 6.07) is 4.30. The summed E-state index contributed by atoms with van der Waals surface area (Å²) in [7, 11) is 0. The average molecular weight is 251 g/mol. The molecule has 4 nitrogen and oxygen atoms in total. The molecule has 1 aromatic carbocycles. The molecule has 0 heterocycles. The molecule has 96 valence electrons. The molecule has 2 rings (SSSR count). The van der Waals surface area contributed by atoms with Crippen LogP contribution in [0.1, 0.15) is 29.6 Å². The number of benzene rings is 1. The fourth-order valence-electron chi connectivity index (χ4n) is 1.78. The van der Waals surface area contributed by atoms with Crippen LogP contribution in [0.3, 0.4) is 0 Å². The second kappa shape index (κ2) is 5.16. The van der Waals surface area contributed by atoms with Gasteiger partial charge in [-0.05, 0) is 30.5 Å². The van der Waals surface area contributed by atoms with Crippen molar-refractivity contribution in [1.82, 2.24) is 5.32 Å². The van der Waals surface area contributed by atoms with Crippen LogP contribution in [0.2, 0.25) is 0 Å². The first-order valence-corrected chi connectivity index (χ1v) is 5.85. The standard InChI is InChI=1S/C13H14FNO3/c14-10-3-1-2-9(7-10)12(16)15-11(13(17)18)6-8-4-5-8/h1-3,7-8,11H,4-6H2,(H,15,16)(H,17,18)/t11-/m0/s1. The molecule has 18 heavy (non-hydrogen) atoms. The van der Waals surface area contributed by atoms with Crippen molar-refractivity contribution in [3.05, 3.63) is 35.6 Å². The Hall–Kier alpha value is -1.91. The van der Waals surface area contributed by atoms with Gasteiger partial charge in [0, 0.05) is 5.56 Å². The highest BCUT2D eigenvalue weighted by Crippen LogP contribution is 2.33. The number of carbonyl (C=O) groups excluding carboxylic acids is 1. The van der Waals surface area contributed by atoms with E-state index in [1.807, 2.05) is 0 Å². The number of rotatable bonds is 5. The largest absolute Gasteiger partial charge is 0.480 e. The zero-order chi connectivity index (χ0) is 13.1. The summed E-state index contributed by atoms with van der Waals surface area (Å²) < 4.78 is 12.9. The molecule has 0 radical (unpaired) electrons. The number of carboxylic acid groups (broad SMARTS) is 1. The van der Waals surface area contributed by atoms with Crippen LogP contribution in [0.15, 0.2) is 24.3 Å². The third kappa shape index (κ3) is 3.29. The van der Waals surface area contributed by atoms with Crippen LogP contribution in [-0.2, 0) is 4.79 Å². The molecule has 1 atom stereocenters. The average Bonchev–Trinajstić information content (AvgIpc) is 3.12. The summed E-state index contributed by atoms with van der Waals surface area (Å²) in [5, 5.41) is 11.4. The number of halogens is 1. The van der Waals surface area contributed by atoms with E-state index in [1.165, 1.54) is 18.2 Å². The highest BCUT2D eigenvalue weighted by atomic mass is 19.1. The Morgan fingerprint density at radius 1 is 1.44 bits per heavy atom. The van der Waals surface area contributed by atoms with Crippen molar-refractivity contribution in [3.63, 3.8) is 0 Å². The summed E-state index contributed by atoms with van der Waals surface area (Å²) in [6.45, 7) is 0. The Morgan fingerprint density at radius 2 is 2.17 bits per heavy atom. The number of aliphatic carboxylic acids is 1. The van der Waals surface area contributed by atoms with E-state index in [1.54, 1.807) is 0 Å². The number of amides is 1. The minimum Gasteiger partial charge on any atom is -0.480 e. The van der Waals surface area contributed by atoms with Crippen molar-refractivity contribution in [2.24, 2.45) is 5.92 Å². The van der Waals surface area contributed by atoms with E-state index in [-0.39, 0.29) is 5.56 Å². The van der Waals surface area contributed by atoms with Crippen LogP contribution in [-0.4, -0.2) is 23.0 Å². The molecule has 0 saturated heterocycles. The number of hydrogen-bond acceptors (Lipinski definition) is 2. The van der Waals surface area contributed by atoms with Gasteiger partial charge in [0.15, 0.2) is 0 Å². The third-order valence-electron chi connectivity index (χ3n) is 2.96. The number of nitrogens with one attached hydrogen (secondary N) is 1. The van der Waals surface area contributed by atoms with Gasteiger partial charge in [0.25, 0.3) is 5.91 Å². The van der Waals surface area contributed by atoms with Crippen molar-refractivity contribution >= 4 is 11.9 Å². The first-order chi connectivity index (χ1) is 8.56. The fourth-order valence-corrected chi connectivity index (χ4v) is 1.78. The van der Waals surface area contributed by atoms with Gasteiger partial charge in [0.2, 0.25) is 0 Å². The molecule has 0 aromatic heterocycles. The van der Waals surface area contributed by atoms with Gasteiger partial charge >= 0.3 is 5.97 Å². The molecule has 1 amide bonds. The maximum Gasteiger partial charge on any atom is 0.326 e. The minimum atomic E-state index is -1.05. The van der Waals surface area contributed by atoms with Gasteiger partial charge < -0.3 is 10.4 Å². The summed E-state index contributed by atoms with van der Waals surface area (Å²) in [4.78, 5) is 22.8. The molecule has 1 saturated carbocycles. The predicted molar refractivity (Wildman–Crippen MR) is 62.6 cm³/mol. The molecule has 1 aliphatic carbocycles. The lowest BCUT2D eigenvalue weighted by atomic mass is 10.1. The Bertz CT molecular complexity index is 471. The molecule has 0 unspecified atom stereocenters. The number of hydrogen-bond donors (Lipinski definition) is 2. The van der Waals surface area contributed by atoms with Crippen molar-refractivity contribution in [2.45, 2.75) is 25.3 Å². The highest BCUT2D eigenvalue weighted by molar-refractivity contribution is 5.96. The van der Waals surface area contributed by atoms with Crippen molar-refractivity contribution in [1.29, 1.82) is 0 Å². The van der Waals surface area contributed by atoms with Crippen molar-refractivity contribution in [3.8, 4) is 0 Å². The molecular weight excluding hydrogens is 237 g/mol. The fraction of sp³-hybridized carbons (Fsp3) is 0.385. The molecule has 1 fully saturated rings. The monoisotopic (exact) mass is 251 g/mol. The molecule has 2 N–H and O–H groups in total. The molecule has 5 heteroatoms. The normalized spacial score (nSPS) is 16.1. The van der Waals surface area contributed by atoms with E-state index in [4.69, 9.17) is 5.11 Å². The molecular formula is C13H14FNO3. The van der Waals surface area contributed by atoms with Gasteiger partial charge in [-0.2, -0.15) is 0 Å². The summed E-state index contributed by atoms with van der Waals surface area (Å²) in [5.41, 5.74) is 0.136. The molecule has 0 aliphatic heterocycles. The van der Waals surface area contributed by atoms with E-state index in [2.05, 4.69) is 5.32 Å². The topological polar surface area (TPSA) is 66.4 Å². The lowest BCUT2D eigenvalue weighted by Gasteiger charge is -2.14. The highest BCUT2D eigenvalue weighted by Gasteiger charge is 2.30. The smallest absolute Gasteiger partial charge is 0.326 e. The molecule has 1 aliphatic rings. The van der Waals surface area contributed by atoms with E-state index in [0.717, 1.165) is 18.9 Å². The summed E-state index contributed by atoms with van der Waals surface area (Å²) >= 11 is 0. The quantitative estimate of drug-likeness (QED) is 0.838. The Kier molecular flexibility index (Phi) is 3.60. The van der Waals surface area contributed by atoms with Gasteiger partial charge in [0.1, 0.15) is 11.9 Å². The second-order valence-corrected chi connectivity index (χ2v) is 4.55. The van der Waals surface area contributed by atoms with Gasteiger partial charge in [-0.3, -0.25) is 4.79 Å². The SMILES string of the molecule is O=C(N[C@@H](CC1CC1)C(=O)O)c1cccc(F)c1. The zero-order valence-corrected chi connectivity index (χ0v) is 9.73.